The molecular formula is C34H31N9O12S3. The van der Waals surface area contributed by atoms with Crippen LogP contribution in [-0.4, -0.2) is 115 Å². The maximum absolute atomic E-state index is 13.8. The number of nitrogen functional groups attached to an aromatic ring is 1. The van der Waals surface area contributed by atoms with E-state index >= 15 is 0 Å². The van der Waals surface area contributed by atoms with E-state index in [9.17, 15) is 43.8 Å². The standard InChI is InChI=1S/C34H31N9O12S3/c1-13-8-21(43-33(36-13)39-26(40-43)31(51)52)56-10-17-11-57-29-23(28(48)42(29)24(17)30(49)50)38-27(47)22(18-12-58-32(35)37-18)41-55-34(4,5)25(46)16-6-7-19(53-14(2)44)20(9-16)54-15(3)45/h6-9,12,23,29H,10-11H2,1-5H3,(H2,35,37)(H,38,47)(H,49,50)(H,51,52)/b41-22-/t23-,29-/m1/s1. The zero-order valence-corrected chi connectivity index (χ0v) is 33.3. The number of aromatic nitrogens is 5. The van der Waals surface area contributed by atoms with Crippen molar-refractivity contribution >= 4 is 93.0 Å². The van der Waals surface area contributed by atoms with Crippen LogP contribution in [0.3, 0.4) is 0 Å². The molecule has 58 heavy (non-hydrogen) atoms. The number of carboxylic acid groups (broad SMARTS) is 2. The number of benzene rings is 1. The Morgan fingerprint density at radius 1 is 1.03 bits per heavy atom. The lowest BCUT2D eigenvalue weighted by molar-refractivity contribution is -0.150. The van der Waals surface area contributed by atoms with Gasteiger partial charge in [0.15, 0.2) is 27.9 Å². The Morgan fingerprint density at radius 2 is 1.74 bits per heavy atom. The second-order valence-electron chi connectivity index (χ2n) is 12.9. The number of esters is 2. The number of thiazole rings is 1. The molecule has 0 bridgehead atoms. The van der Waals surface area contributed by atoms with Gasteiger partial charge in [0.1, 0.15) is 27.8 Å². The van der Waals surface area contributed by atoms with Crippen LogP contribution in [0.15, 0.2) is 51.1 Å². The molecule has 2 aliphatic rings. The van der Waals surface area contributed by atoms with Gasteiger partial charge in [-0.05, 0) is 50.6 Å². The molecule has 1 aromatic carbocycles. The van der Waals surface area contributed by atoms with Crippen LogP contribution in [0, 0.1) is 6.92 Å². The molecular weight excluding hydrogens is 823 g/mol. The van der Waals surface area contributed by atoms with Crippen LogP contribution in [0.1, 0.15) is 60.1 Å². The van der Waals surface area contributed by atoms with Gasteiger partial charge in [0.25, 0.3) is 23.4 Å². The summed E-state index contributed by atoms with van der Waals surface area (Å²) in [5.74, 6) is -6.98. The van der Waals surface area contributed by atoms with Gasteiger partial charge >= 0.3 is 23.9 Å². The fourth-order valence-electron chi connectivity index (χ4n) is 5.59. The van der Waals surface area contributed by atoms with Gasteiger partial charge in [-0.25, -0.2) is 19.6 Å². The average Bonchev–Trinajstić information content (AvgIpc) is 3.78. The Bertz CT molecular complexity index is 2500. The SMILES string of the molecule is CC(=O)Oc1ccc(C(=O)C(C)(C)O/N=C(\C(=O)N[C@@H]2C(=O)N3C(C(=O)O)=C(CSc4cc(C)nc5nc(C(=O)O)nn45)CS[C@H]23)c2csc(N)n2)cc1OC(C)=O. The van der Waals surface area contributed by atoms with E-state index in [0.29, 0.717) is 16.3 Å². The molecule has 302 valence electrons. The number of rotatable bonds is 14. The number of anilines is 1. The van der Waals surface area contributed by atoms with Crippen molar-refractivity contribution in [3.63, 3.8) is 0 Å². The molecule has 2 amide bonds. The number of oxime groups is 1. The quantitative estimate of drug-likeness (QED) is 0.0206. The second-order valence-corrected chi connectivity index (χ2v) is 15.9. The number of carboxylic acids is 2. The third-order valence-corrected chi connectivity index (χ3v) is 11.2. The van der Waals surface area contributed by atoms with E-state index < -0.39 is 70.0 Å². The van der Waals surface area contributed by atoms with E-state index in [0.717, 1.165) is 41.8 Å². The van der Waals surface area contributed by atoms with Gasteiger partial charge in [-0.2, -0.15) is 9.50 Å². The van der Waals surface area contributed by atoms with E-state index in [1.165, 1.54) is 53.7 Å². The van der Waals surface area contributed by atoms with E-state index in [1.54, 1.807) is 13.0 Å². The van der Waals surface area contributed by atoms with Crippen molar-refractivity contribution in [2.24, 2.45) is 5.16 Å². The minimum atomic E-state index is -1.77. The molecule has 0 saturated carbocycles. The Kier molecular flexibility index (Phi) is 11.5. The monoisotopic (exact) mass is 853 g/mol. The molecule has 1 saturated heterocycles. The normalized spacial score (nSPS) is 16.7. The Balaban J connectivity index is 1.20. The molecule has 4 aromatic rings. The van der Waals surface area contributed by atoms with Crippen molar-refractivity contribution in [2.45, 2.75) is 56.7 Å². The fourth-order valence-corrected chi connectivity index (χ4v) is 8.67. The number of carbonyl (C=O) groups excluding carboxylic acids is 5. The third-order valence-electron chi connectivity index (χ3n) is 8.13. The molecule has 0 aliphatic carbocycles. The Labute approximate surface area is 339 Å². The number of hydrogen-bond donors (Lipinski definition) is 4. The number of aromatic carboxylic acids is 1. The molecule has 0 spiro atoms. The van der Waals surface area contributed by atoms with Crippen LogP contribution in [0.5, 0.6) is 11.5 Å². The summed E-state index contributed by atoms with van der Waals surface area (Å²) < 4.78 is 11.4. The molecule has 5 heterocycles. The zero-order valence-electron chi connectivity index (χ0n) is 30.9. The number of ether oxygens (including phenoxy) is 2. The first-order chi connectivity index (χ1) is 27.3. The summed E-state index contributed by atoms with van der Waals surface area (Å²) in [6, 6.07) is 4.19. The summed E-state index contributed by atoms with van der Waals surface area (Å²) in [7, 11) is 0. The first-order valence-corrected chi connectivity index (χ1v) is 19.6. The van der Waals surface area contributed by atoms with Gasteiger partial charge in [0.2, 0.25) is 5.78 Å². The summed E-state index contributed by atoms with van der Waals surface area (Å²) in [6.07, 6.45) is 0. The largest absolute Gasteiger partial charge is 0.477 e. The number of amides is 2. The molecule has 3 aromatic heterocycles. The van der Waals surface area contributed by atoms with Gasteiger partial charge in [-0.3, -0.25) is 28.9 Å². The number of Topliss-reactive ketones (excluding diaryl/α,β-unsaturated/α-hetero) is 1. The molecule has 6 rings (SSSR count). The molecule has 5 N–H and O–H groups in total. The zero-order chi connectivity index (χ0) is 42.2. The van der Waals surface area contributed by atoms with Crippen molar-refractivity contribution in [2.75, 3.05) is 17.2 Å². The fraction of sp³-hybridized carbons (Fsp3) is 0.294. The predicted molar refractivity (Wildman–Crippen MR) is 205 cm³/mol. The van der Waals surface area contributed by atoms with Crippen LogP contribution in [-0.2, 0) is 28.8 Å². The van der Waals surface area contributed by atoms with Crippen molar-refractivity contribution in [3.05, 3.63) is 63.7 Å². The van der Waals surface area contributed by atoms with E-state index in [1.807, 2.05) is 0 Å². The molecule has 2 atom stereocenters. The highest BCUT2D eigenvalue weighted by Gasteiger charge is 2.54. The minimum absolute atomic E-state index is 0.0271. The number of ketones is 1. The van der Waals surface area contributed by atoms with Crippen LogP contribution in [0.2, 0.25) is 0 Å². The van der Waals surface area contributed by atoms with E-state index in [4.69, 9.17) is 20.0 Å². The molecule has 21 nitrogen and oxygen atoms in total. The minimum Gasteiger partial charge on any atom is -0.477 e. The summed E-state index contributed by atoms with van der Waals surface area (Å²) in [5.41, 5.74) is 4.19. The average molecular weight is 854 g/mol. The number of aryl methyl sites for hydroxylation is 1. The van der Waals surface area contributed by atoms with Crippen molar-refractivity contribution in [3.8, 4) is 11.5 Å². The van der Waals surface area contributed by atoms with Gasteiger partial charge in [0.05, 0.1) is 0 Å². The summed E-state index contributed by atoms with van der Waals surface area (Å²) >= 11 is 3.34. The lowest BCUT2D eigenvalue weighted by atomic mass is 9.96. The highest BCUT2D eigenvalue weighted by atomic mass is 32.2. The maximum atomic E-state index is 13.8. The first-order valence-electron chi connectivity index (χ1n) is 16.7. The molecule has 24 heteroatoms. The number of nitrogens with one attached hydrogen (secondary N) is 1. The second kappa shape index (κ2) is 16.2. The highest BCUT2D eigenvalue weighted by Crippen LogP contribution is 2.42. The van der Waals surface area contributed by atoms with E-state index in [2.05, 4.69) is 30.5 Å². The van der Waals surface area contributed by atoms with Gasteiger partial charge < -0.3 is 35.6 Å². The number of carbonyl (C=O) groups is 7. The third kappa shape index (κ3) is 8.47. The number of fused-ring (bicyclic) bond motifs is 2. The maximum Gasteiger partial charge on any atom is 0.375 e. The predicted octanol–water partition coefficient (Wildman–Crippen LogP) is 1.93. The highest BCUT2D eigenvalue weighted by molar-refractivity contribution is 8.01. The Hall–Kier alpha value is -6.40. The van der Waals surface area contributed by atoms with Crippen LogP contribution < -0.4 is 20.5 Å². The number of nitrogens with zero attached hydrogens (tertiary/aromatic N) is 7. The summed E-state index contributed by atoms with van der Waals surface area (Å²) in [5, 5.41) is 31.2. The van der Waals surface area contributed by atoms with Crippen LogP contribution in [0.4, 0.5) is 5.13 Å². The number of hydrogen-bond acceptors (Lipinski definition) is 19. The number of nitrogens with two attached hydrogens (primary N) is 1. The lowest BCUT2D eigenvalue weighted by Gasteiger charge is -2.49. The van der Waals surface area contributed by atoms with E-state index in [-0.39, 0.29) is 50.9 Å². The smallest absolute Gasteiger partial charge is 0.375 e. The summed E-state index contributed by atoms with van der Waals surface area (Å²) in [6.45, 7) is 6.66. The van der Waals surface area contributed by atoms with Crippen molar-refractivity contribution in [1.82, 2.24) is 34.8 Å². The molecule has 2 aliphatic heterocycles. The number of thioether (sulfide) groups is 2. The van der Waals surface area contributed by atoms with Gasteiger partial charge in [0, 0.05) is 42.0 Å². The number of aliphatic carboxylic acids is 1. The van der Waals surface area contributed by atoms with Crippen molar-refractivity contribution in [1.29, 1.82) is 0 Å². The van der Waals surface area contributed by atoms with Gasteiger partial charge in [-0.15, -0.1) is 40.0 Å². The number of β-lactam (4-membered cyclic amide) rings is 1. The summed E-state index contributed by atoms with van der Waals surface area (Å²) in [4.78, 5) is 107. The Morgan fingerprint density at radius 3 is 2.38 bits per heavy atom. The topological polar surface area (TPSA) is 297 Å². The van der Waals surface area contributed by atoms with Crippen LogP contribution in [0.25, 0.3) is 5.78 Å². The van der Waals surface area contributed by atoms with Gasteiger partial charge in [-0.1, -0.05) is 5.16 Å². The molecule has 1 fully saturated rings. The molecule has 0 unspecified atom stereocenters. The van der Waals surface area contributed by atoms with Crippen LogP contribution >= 0.6 is 34.9 Å². The molecule has 0 radical (unpaired) electrons. The van der Waals surface area contributed by atoms with Crippen molar-refractivity contribution < 1.29 is 58.1 Å². The lowest BCUT2D eigenvalue weighted by Crippen LogP contribution is -2.71. The first kappa shape index (κ1) is 41.2.